The summed E-state index contributed by atoms with van der Waals surface area (Å²) in [6, 6.07) is 9.41. The molecular weight excluding hydrogens is 316 g/mol. The molecule has 0 radical (unpaired) electrons. The minimum atomic E-state index is -1.01. The first-order valence-corrected chi connectivity index (χ1v) is 8.19. The fraction of sp³-hybridized carbons (Fsp3) is 0.375. The molecule has 124 valence electrons. The second kappa shape index (κ2) is 8.61. The summed E-state index contributed by atoms with van der Waals surface area (Å²) in [7, 11) is 0. The highest BCUT2D eigenvalue weighted by Crippen LogP contribution is 2.12. The van der Waals surface area contributed by atoms with Gasteiger partial charge in [-0.15, -0.1) is 11.3 Å². The van der Waals surface area contributed by atoms with E-state index in [1.807, 2.05) is 37.3 Å². The van der Waals surface area contributed by atoms with Crippen molar-refractivity contribution in [1.82, 2.24) is 10.3 Å². The number of aliphatic hydroxyl groups is 1. The zero-order chi connectivity index (χ0) is 16.7. The number of ether oxygens (including phenoxy) is 1. The maximum Gasteiger partial charge on any atom is 0.355 e. The van der Waals surface area contributed by atoms with Crippen LogP contribution in [0.25, 0.3) is 0 Å². The summed E-state index contributed by atoms with van der Waals surface area (Å²) in [4.78, 5) is 14.8. The van der Waals surface area contributed by atoms with Crippen LogP contribution in [-0.2, 0) is 6.42 Å². The lowest BCUT2D eigenvalue weighted by Gasteiger charge is -2.17. The number of carboxylic acids is 1. The topological polar surface area (TPSA) is 91.7 Å². The van der Waals surface area contributed by atoms with Crippen molar-refractivity contribution in [3.05, 3.63) is 46.4 Å². The van der Waals surface area contributed by atoms with E-state index in [0.717, 1.165) is 10.8 Å². The van der Waals surface area contributed by atoms with Crippen molar-refractivity contribution in [3.8, 4) is 5.75 Å². The van der Waals surface area contributed by atoms with Gasteiger partial charge in [0, 0.05) is 24.4 Å². The summed E-state index contributed by atoms with van der Waals surface area (Å²) in [6.45, 7) is 2.57. The van der Waals surface area contributed by atoms with E-state index in [9.17, 15) is 9.90 Å². The summed E-state index contributed by atoms with van der Waals surface area (Å²) in [5.41, 5.74) is 0.0773. The predicted molar refractivity (Wildman–Crippen MR) is 88.2 cm³/mol. The van der Waals surface area contributed by atoms with Gasteiger partial charge in [0.25, 0.3) is 0 Å². The zero-order valence-corrected chi connectivity index (χ0v) is 13.6. The first-order valence-electron chi connectivity index (χ1n) is 7.31. The maximum atomic E-state index is 10.8. The quantitative estimate of drug-likeness (QED) is 0.647. The Kier molecular flexibility index (Phi) is 6.52. The van der Waals surface area contributed by atoms with Crippen molar-refractivity contribution in [3.63, 3.8) is 0 Å². The Morgan fingerprint density at radius 1 is 1.39 bits per heavy atom. The minimum absolute atomic E-state index is 0.0773. The van der Waals surface area contributed by atoms with E-state index in [4.69, 9.17) is 9.84 Å². The van der Waals surface area contributed by atoms with E-state index in [2.05, 4.69) is 10.3 Å². The molecule has 7 heteroatoms. The summed E-state index contributed by atoms with van der Waals surface area (Å²) in [5.74, 6) is -0.287. The SMILES string of the molecule is C[C@@H](Cc1nc(C(=O)O)cs1)NC[C@H](O)COc1ccccc1. The van der Waals surface area contributed by atoms with Crippen LogP contribution in [0, 0.1) is 0 Å². The van der Waals surface area contributed by atoms with Crippen LogP contribution < -0.4 is 10.1 Å². The lowest BCUT2D eigenvalue weighted by atomic mass is 10.2. The number of carbonyl (C=O) groups is 1. The van der Waals surface area contributed by atoms with E-state index in [1.54, 1.807) is 0 Å². The number of thiazole rings is 1. The summed E-state index contributed by atoms with van der Waals surface area (Å²) in [5, 5.41) is 24.3. The summed E-state index contributed by atoms with van der Waals surface area (Å²) < 4.78 is 5.48. The van der Waals surface area contributed by atoms with Crippen LogP contribution >= 0.6 is 11.3 Å². The second-order valence-corrected chi connectivity index (χ2v) is 6.17. The largest absolute Gasteiger partial charge is 0.491 e. The van der Waals surface area contributed by atoms with E-state index < -0.39 is 12.1 Å². The van der Waals surface area contributed by atoms with Gasteiger partial charge >= 0.3 is 5.97 Å². The number of aromatic carboxylic acids is 1. The number of para-hydroxylation sites is 1. The minimum Gasteiger partial charge on any atom is -0.491 e. The highest BCUT2D eigenvalue weighted by Gasteiger charge is 2.13. The molecule has 0 saturated heterocycles. The van der Waals surface area contributed by atoms with Crippen LogP contribution in [0.5, 0.6) is 5.75 Å². The van der Waals surface area contributed by atoms with Crippen LogP contribution in [0.4, 0.5) is 0 Å². The maximum absolute atomic E-state index is 10.8. The molecule has 6 nitrogen and oxygen atoms in total. The van der Waals surface area contributed by atoms with E-state index in [1.165, 1.54) is 16.7 Å². The first-order chi connectivity index (χ1) is 11.0. The molecule has 2 aromatic rings. The molecule has 1 aromatic heterocycles. The van der Waals surface area contributed by atoms with Gasteiger partial charge in [-0.1, -0.05) is 18.2 Å². The van der Waals surface area contributed by atoms with Crippen molar-refractivity contribution in [1.29, 1.82) is 0 Å². The molecule has 1 aromatic carbocycles. The number of hydrogen-bond donors (Lipinski definition) is 3. The monoisotopic (exact) mass is 336 g/mol. The van der Waals surface area contributed by atoms with Gasteiger partial charge < -0.3 is 20.3 Å². The van der Waals surface area contributed by atoms with Gasteiger partial charge in [0.1, 0.15) is 18.5 Å². The van der Waals surface area contributed by atoms with Gasteiger partial charge in [-0.05, 0) is 19.1 Å². The number of rotatable bonds is 9. The third-order valence-corrected chi connectivity index (χ3v) is 4.01. The van der Waals surface area contributed by atoms with Crippen LogP contribution in [0.3, 0.4) is 0 Å². The Hall–Kier alpha value is -1.96. The fourth-order valence-corrected chi connectivity index (χ4v) is 2.84. The van der Waals surface area contributed by atoms with Crippen LogP contribution in [0.1, 0.15) is 22.4 Å². The Labute approximate surface area is 138 Å². The van der Waals surface area contributed by atoms with Gasteiger partial charge in [-0.3, -0.25) is 0 Å². The molecule has 3 N–H and O–H groups in total. The summed E-state index contributed by atoms with van der Waals surface area (Å²) in [6.07, 6.45) is -0.00644. The molecule has 0 fully saturated rings. The Morgan fingerprint density at radius 3 is 2.78 bits per heavy atom. The fourth-order valence-electron chi connectivity index (χ4n) is 1.94. The molecule has 0 aliphatic carbocycles. The molecule has 23 heavy (non-hydrogen) atoms. The third-order valence-electron chi connectivity index (χ3n) is 3.14. The highest BCUT2D eigenvalue weighted by atomic mass is 32.1. The van der Waals surface area contributed by atoms with Crippen molar-refractivity contribution in [2.45, 2.75) is 25.5 Å². The molecule has 0 amide bonds. The average Bonchev–Trinajstić information content (AvgIpc) is 3.00. The van der Waals surface area contributed by atoms with Crippen molar-refractivity contribution in [2.24, 2.45) is 0 Å². The Morgan fingerprint density at radius 2 is 2.13 bits per heavy atom. The van der Waals surface area contributed by atoms with Crippen molar-refractivity contribution in [2.75, 3.05) is 13.2 Å². The van der Waals surface area contributed by atoms with Crippen LogP contribution in [0.15, 0.2) is 35.7 Å². The van der Waals surface area contributed by atoms with E-state index >= 15 is 0 Å². The highest BCUT2D eigenvalue weighted by molar-refractivity contribution is 7.09. The Bertz CT molecular complexity index is 618. The number of carboxylic acid groups (broad SMARTS) is 1. The number of nitrogens with zero attached hydrogens (tertiary/aromatic N) is 1. The average molecular weight is 336 g/mol. The number of nitrogens with one attached hydrogen (secondary N) is 1. The van der Waals surface area contributed by atoms with Gasteiger partial charge in [0.15, 0.2) is 5.69 Å². The van der Waals surface area contributed by atoms with Crippen LogP contribution in [0.2, 0.25) is 0 Å². The lowest BCUT2D eigenvalue weighted by Crippen LogP contribution is -2.37. The number of aliphatic hydroxyl groups excluding tert-OH is 1. The van der Waals surface area contributed by atoms with Gasteiger partial charge in [0.2, 0.25) is 0 Å². The molecule has 0 saturated carbocycles. The van der Waals surface area contributed by atoms with Gasteiger partial charge in [-0.25, -0.2) is 9.78 Å². The van der Waals surface area contributed by atoms with E-state index in [-0.39, 0.29) is 18.3 Å². The molecule has 1 heterocycles. The smallest absolute Gasteiger partial charge is 0.355 e. The molecular formula is C16H20N2O4S. The van der Waals surface area contributed by atoms with Gasteiger partial charge in [-0.2, -0.15) is 0 Å². The van der Waals surface area contributed by atoms with Crippen molar-refractivity contribution < 1.29 is 19.7 Å². The molecule has 0 bridgehead atoms. The number of hydrogen-bond acceptors (Lipinski definition) is 6. The molecule has 0 spiro atoms. The van der Waals surface area contributed by atoms with Gasteiger partial charge in [0.05, 0.1) is 5.01 Å². The second-order valence-electron chi connectivity index (χ2n) is 5.22. The normalized spacial score (nSPS) is 13.5. The number of benzene rings is 1. The standard InChI is InChI=1S/C16H20N2O4S/c1-11(7-15-18-14(10-23-15)16(20)21)17-8-12(19)9-22-13-5-3-2-4-6-13/h2-6,10-12,17,19H,7-9H2,1H3,(H,20,21)/t11-,12-/m0/s1. The molecule has 0 aliphatic heterocycles. The number of aromatic nitrogens is 1. The first kappa shape index (κ1) is 17.4. The molecule has 2 rings (SSSR count). The molecule has 2 atom stereocenters. The zero-order valence-electron chi connectivity index (χ0n) is 12.8. The van der Waals surface area contributed by atoms with Crippen molar-refractivity contribution >= 4 is 17.3 Å². The lowest BCUT2D eigenvalue weighted by molar-refractivity contribution is 0.0691. The van der Waals surface area contributed by atoms with Crippen LogP contribution in [-0.4, -0.2) is 46.5 Å². The molecule has 0 aliphatic rings. The molecule has 0 unspecified atom stereocenters. The summed E-state index contributed by atoms with van der Waals surface area (Å²) >= 11 is 1.33. The third kappa shape index (κ3) is 5.97. The Balaban J connectivity index is 1.68. The predicted octanol–water partition coefficient (Wildman–Crippen LogP) is 1.80. The van der Waals surface area contributed by atoms with E-state index in [0.29, 0.717) is 13.0 Å².